The molecule has 0 saturated carbocycles. The molecular formula is C13H20N4O2. The summed E-state index contributed by atoms with van der Waals surface area (Å²) in [4.78, 5) is 19.3. The van der Waals surface area contributed by atoms with Crippen LogP contribution in [0.5, 0.6) is 0 Å². The van der Waals surface area contributed by atoms with Crippen molar-refractivity contribution >= 4 is 5.91 Å². The number of nitrogens with zero attached hydrogens (tertiary/aromatic N) is 2. The molecule has 6 heteroatoms. The SMILES string of the molecule is O=C(NCCCOC1CCNCC1)c1cncnc1. The average molecular weight is 264 g/mol. The Morgan fingerprint density at radius 3 is 2.84 bits per heavy atom. The zero-order chi connectivity index (χ0) is 13.3. The molecule has 0 spiro atoms. The van der Waals surface area contributed by atoms with E-state index >= 15 is 0 Å². The van der Waals surface area contributed by atoms with Crippen molar-refractivity contribution in [3.8, 4) is 0 Å². The Kier molecular flexibility index (Phi) is 5.71. The van der Waals surface area contributed by atoms with Gasteiger partial charge in [-0.15, -0.1) is 0 Å². The summed E-state index contributed by atoms with van der Waals surface area (Å²) in [7, 11) is 0. The first kappa shape index (κ1) is 13.9. The molecular weight excluding hydrogens is 244 g/mol. The van der Waals surface area contributed by atoms with Crippen LogP contribution in [0.3, 0.4) is 0 Å². The molecule has 1 aliphatic heterocycles. The van der Waals surface area contributed by atoms with Gasteiger partial charge in [0.15, 0.2) is 0 Å². The number of hydrogen-bond donors (Lipinski definition) is 2. The second-order valence-corrected chi connectivity index (χ2v) is 4.56. The second kappa shape index (κ2) is 7.81. The van der Waals surface area contributed by atoms with Gasteiger partial charge in [-0.1, -0.05) is 0 Å². The van der Waals surface area contributed by atoms with Gasteiger partial charge < -0.3 is 15.4 Å². The van der Waals surface area contributed by atoms with Crippen molar-refractivity contribution in [2.75, 3.05) is 26.2 Å². The predicted octanol–water partition coefficient (Wildman–Crippen LogP) is 0.365. The molecule has 1 aromatic rings. The summed E-state index contributed by atoms with van der Waals surface area (Å²) in [6.45, 7) is 3.37. The van der Waals surface area contributed by atoms with Crippen LogP contribution in [0, 0.1) is 0 Å². The third kappa shape index (κ3) is 4.92. The minimum absolute atomic E-state index is 0.137. The molecule has 2 rings (SSSR count). The summed E-state index contributed by atoms with van der Waals surface area (Å²) in [6.07, 6.45) is 7.77. The third-order valence-corrected chi connectivity index (χ3v) is 3.07. The summed E-state index contributed by atoms with van der Waals surface area (Å²) in [5.41, 5.74) is 0.488. The van der Waals surface area contributed by atoms with Crippen LogP contribution < -0.4 is 10.6 Å². The predicted molar refractivity (Wildman–Crippen MR) is 70.8 cm³/mol. The van der Waals surface area contributed by atoms with Crippen molar-refractivity contribution in [1.82, 2.24) is 20.6 Å². The van der Waals surface area contributed by atoms with E-state index in [0.29, 0.717) is 24.8 Å². The Balaban J connectivity index is 1.55. The number of ether oxygens (including phenoxy) is 1. The minimum Gasteiger partial charge on any atom is -0.378 e. The maximum atomic E-state index is 11.7. The van der Waals surface area contributed by atoms with Crippen LogP contribution in [-0.4, -0.2) is 48.2 Å². The van der Waals surface area contributed by atoms with E-state index in [2.05, 4.69) is 20.6 Å². The van der Waals surface area contributed by atoms with Crippen molar-refractivity contribution in [3.63, 3.8) is 0 Å². The molecule has 1 aromatic heterocycles. The zero-order valence-corrected chi connectivity index (χ0v) is 11.0. The topological polar surface area (TPSA) is 76.1 Å². The van der Waals surface area contributed by atoms with Gasteiger partial charge >= 0.3 is 0 Å². The molecule has 0 unspecified atom stereocenters. The highest BCUT2D eigenvalue weighted by Gasteiger charge is 2.12. The van der Waals surface area contributed by atoms with E-state index in [1.54, 1.807) is 0 Å². The van der Waals surface area contributed by atoms with E-state index in [4.69, 9.17) is 4.74 Å². The minimum atomic E-state index is -0.137. The number of rotatable bonds is 6. The maximum Gasteiger partial charge on any atom is 0.254 e. The maximum absolute atomic E-state index is 11.7. The molecule has 0 radical (unpaired) electrons. The van der Waals surface area contributed by atoms with Crippen LogP contribution in [0.25, 0.3) is 0 Å². The molecule has 0 atom stereocenters. The van der Waals surface area contributed by atoms with Gasteiger partial charge in [0.25, 0.3) is 5.91 Å². The number of carbonyl (C=O) groups is 1. The van der Waals surface area contributed by atoms with Crippen molar-refractivity contribution in [3.05, 3.63) is 24.3 Å². The van der Waals surface area contributed by atoms with Gasteiger partial charge in [0.05, 0.1) is 11.7 Å². The van der Waals surface area contributed by atoms with Crippen LogP contribution in [-0.2, 0) is 4.74 Å². The highest BCUT2D eigenvalue weighted by atomic mass is 16.5. The number of piperidine rings is 1. The van der Waals surface area contributed by atoms with E-state index in [1.165, 1.54) is 18.7 Å². The number of hydrogen-bond acceptors (Lipinski definition) is 5. The Morgan fingerprint density at radius 1 is 1.37 bits per heavy atom. The van der Waals surface area contributed by atoms with E-state index in [1.807, 2.05) is 0 Å². The first-order valence-corrected chi connectivity index (χ1v) is 6.72. The van der Waals surface area contributed by atoms with Crippen molar-refractivity contribution in [2.45, 2.75) is 25.4 Å². The van der Waals surface area contributed by atoms with Crippen LogP contribution in [0.4, 0.5) is 0 Å². The van der Waals surface area contributed by atoms with Crippen LogP contribution in [0.15, 0.2) is 18.7 Å². The molecule has 1 fully saturated rings. The van der Waals surface area contributed by atoms with Gasteiger partial charge in [-0.05, 0) is 32.4 Å². The molecule has 2 N–H and O–H groups in total. The van der Waals surface area contributed by atoms with Gasteiger partial charge in [0.1, 0.15) is 6.33 Å². The molecule has 1 saturated heterocycles. The van der Waals surface area contributed by atoms with Crippen LogP contribution in [0.1, 0.15) is 29.6 Å². The van der Waals surface area contributed by atoms with E-state index in [9.17, 15) is 4.79 Å². The van der Waals surface area contributed by atoms with Crippen molar-refractivity contribution < 1.29 is 9.53 Å². The molecule has 6 nitrogen and oxygen atoms in total. The molecule has 104 valence electrons. The van der Waals surface area contributed by atoms with E-state index < -0.39 is 0 Å². The third-order valence-electron chi connectivity index (χ3n) is 3.07. The summed E-state index contributed by atoms with van der Waals surface area (Å²) in [5.74, 6) is -0.137. The monoisotopic (exact) mass is 264 g/mol. The fourth-order valence-corrected chi connectivity index (χ4v) is 2.00. The zero-order valence-electron chi connectivity index (χ0n) is 11.0. The molecule has 0 bridgehead atoms. The lowest BCUT2D eigenvalue weighted by Gasteiger charge is -2.22. The fraction of sp³-hybridized carbons (Fsp3) is 0.615. The van der Waals surface area contributed by atoms with Crippen LogP contribution in [0.2, 0.25) is 0 Å². The first-order valence-electron chi connectivity index (χ1n) is 6.72. The van der Waals surface area contributed by atoms with E-state index in [0.717, 1.165) is 32.4 Å². The summed E-state index contributed by atoms with van der Waals surface area (Å²) < 4.78 is 5.75. The Labute approximate surface area is 113 Å². The number of aromatic nitrogens is 2. The van der Waals surface area contributed by atoms with Gasteiger partial charge in [-0.2, -0.15) is 0 Å². The molecule has 1 amide bonds. The lowest BCUT2D eigenvalue weighted by molar-refractivity contribution is 0.0318. The summed E-state index contributed by atoms with van der Waals surface area (Å²) >= 11 is 0. The van der Waals surface area contributed by atoms with Gasteiger partial charge in [-0.3, -0.25) is 4.79 Å². The molecule has 0 aromatic carbocycles. The van der Waals surface area contributed by atoms with Crippen molar-refractivity contribution in [2.24, 2.45) is 0 Å². The lowest BCUT2D eigenvalue weighted by atomic mass is 10.1. The number of nitrogens with one attached hydrogen (secondary N) is 2. The van der Waals surface area contributed by atoms with Crippen molar-refractivity contribution in [1.29, 1.82) is 0 Å². The molecule has 1 aliphatic rings. The smallest absolute Gasteiger partial charge is 0.254 e. The quantitative estimate of drug-likeness (QED) is 0.726. The first-order chi connectivity index (χ1) is 9.36. The fourth-order valence-electron chi connectivity index (χ4n) is 2.00. The largest absolute Gasteiger partial charge is 0.378 e. The highest BCUT2D eigenvalue weighted by molar-refractivity contribution is 5.93. The Morgan fingerprint density at radius 2 is 2.11 bits per heavy atom. The Hall–Kier alpha value is -1.53. The molecule has 19 heavy (non-hydrogen) atoms. The summed E-state index contributed by atoms with van der Waals surface area (Å²) in [5, 5.41) is 6.13. The van der Waals surface area contributed by atoms with E-state index in [-0.39, 0.29) is 5.91 Å². The van der Waals surface area contributed by atoms with Gasteiger partial charge in [-0.25, -0.2) is 9.97 Å². The van der Waals surface area contributed by atoms with Gasteiger partial charge in [0.2, 0.25) is 0 Å². The molecule has 0 aliphatic carbocycles. The summed E-state index contributed by atoms with van der Waals surface area (Å²) in [6, 6.07) is 0. The van der Waals surface area contributed by atoms with Gasteiger partial charge in [0, 0.05) is 25.5 Å². The standard InChI is InChI=1S/C13H20N4O2/c18-13(11-8-15-10-16-9-11)17-4-1-7-19-12-2-5-14-6-3-12/h8-10,12,14H,1-7H2,(H,17,18). The molecule has 2 heterocycles. The highest BCUT2D eigenvalue weighted by Crippen LogP contribution is 2.07. The van der Waals surface area contributed by atoms with Crippen LogP contribution >= 0.6 is 0 Å². The number of amides is 1. The number of carbonyl (C=O) groups excluding carboxylic acids is 1. The average Bonchev–Trinajstić information content (AvgIpc) is 2.49. The lowest BCUT2D eigenvalue weighted by Crippen LogP contribution is -2.33. The Bertz CT molecular complexity index is 379. The normalized spacial score (nSPS) is 16.2. The second-order valence-electron chi connectivity index (χ2n) is 4.56.